The number of aliphatic imine (C=N–C) groups is 1. The van der Waals surface area contributed by atoms with Crippen LogP contribution in [0.3, 0.4) is 0 Å². The fraction of sp³-hybridized carbons (Fsp3) is 0.667. The summed E-state index contributed by atoms with van der Waals surface area (Å²) < 4.78 is 5.34. The quantitative estimate of drug-likeness (QED) is 0.385. The highest BCUT2D eigenvalue weighted by molar-refractivity contribution is 5.81. The van der Waals surface area contributed by atoms with Crippen molar-refractivity contribution < 1.29 is 9.21 Å². The Balaban J connectivity index is 1.41. The molecule has 2 aliphatic carbocycles. The number of carbonyl (C=O) groups excluding carboxylic acids is 1. The van der Waals surface area contributed by atoms with Crippen LogP contribution in [-0.2, 0) is 11.2 Å². The maximum atomic E-state index is 11.6. The molecule has 0 radical (unpaired) electrons. The Kier molecular flexibility index (Phi) is 6.15. The van der Waals surface area contributed by atoms with Crippen molar-refractivity contribution in [2.75, 3.05) is 19.6 Å². The average Bonchev–Trinajstić information content (AvgIpc) is 3.07. The first-order chi connectivity index (χ1) is 11.8. The lowest BCUT2D eigenvalue weighted by Gasteiger charge is -2.17. The molecule has 0 aliphatic heterocycles. The van der Waals surface area contributed by atoms with Crippen LogP contribution in [0.15, 0.2) is 27.8 Å². The van der Waals surface area contributed by atoms with Crippen LogP contribution >= 0.6 is 0 Å². The summed E-state index contributed by atoms with van der Waals surface area (Å²) in [6, 6.07) is 4.39. The van der Waals surface area contributed by atoms with Gasteiger partial charge in [0, 0.05) is 38.0 Å². The standard InChI is InChI=1S/C18H28N4O2/c23-17(14-7-8-14)19-11-12-21-18(22-15-4-1-2-5-15)20-10-9-16-6-3-13-24-16/h3,6,13-15H,1-2,4-5,7-12H2,(H,19,23)(H2,20,21,22). The monoisotopic (exact) mass is 332 g/mol. The van der Waals surface area contributed by atoms with Gasteiger partial charge in [-0.15, -0.1) is 0 Å². The van der Waals surface area contributed by atoms with Gasteiger partial charge in [-0.25, -0.2) is 0 Å². The first kappa shape index (κ1) is 16.9. The SMILES string of the molecule is O=C(NCCNC(=NCCc1ccco1)NC1CCCC1)C1CC1. The second kappa shape index (κ2) is 8.76. The van der Waals surface area contributed by atoms with E-state index in [4.69, 9.17) is 4.42 Å². The van der Waals surface area contributed by atoms with Gasteiger partial charge in [0.2, 0.25) is 5.91 Å². The van der Waals surface area contributed by atoms with Gasteiger partial charge in [-0.2, -0.15) is 0 Å². The molecule has 2 fully saturated rings. The van der Waals surface area contributed by atoms with Crippen molar-refractivity contribution in [3.63, 3.8) is 0 Å². The third kappa shape index (κ3) is 5.58. The van der Waals surface area contributed by atoms with E-state index in [-0.39, 0.29) is 11.8 Å². The maximum Gasteiger partial charge on any atom is 0.223 e. The predicted molar refractivity (Wildman–Crippen MR) is 93.8 cm³/mol. The van der Waals surface area contributed by atoms with Crippen molar-refractivity contribution >= 4 is 11.9 Å². The molecular weight excluding hydrogens is 304 g/mol. The van der Waals surface area contributed by atoms with E-state index in [2.05, 4.69) is 20.9 Å². The second-order valence-corrected chi connectivity index (χ2v) is 6.68. The zero-order chi connectivity index (χ0) is 16.6. The van der Waals surface area contributed by atoms with Crippen LogP contribution in [0.2, 0.25) is 0 Å². The van der Waals surface area contributed by atoms with E-state index in [0.717, 1.165) is 31.0 Å². The topological polar surface area (TPSA) is 78.7 Å². The molecule has 0 aromatic carbocycles. The normalized spacial score (nSPS) is 18.6. The Bertz CT molecular complexity index is 531. The molecular formula is C18H28N4O2. The summed E-state index contributed by atoms with van der Waals surface area (Å²) in [5, 5.41) is 9.82. The van der Waals surface area contributed by atoms with Gasteiger partial charge >= 0.3 is 0 Å². The van der Waals surface area contributed by atoms with E-state index in [1.165, 1.54) is 25.7 Å². The zero-order valence-corrected chi connectivity index (χ0v) is 14.2. The Morgan fingerprint density at radius 1 is 1.17 bits per heavy atom. The van der Waals surface area contributed by atoms with Crippen LogP contribution in [0.1, 0.15) is 44.3 Å². The van der Waals surface area contributed by atoms with Crippen LogP contribution in [0.4, 0.5) is 0 Å². The summed E-state index contributed by atoms with van der Waals surface area (Å²) in [7, 11) is 0. The third-order valence-corrected chi connectivity index (χ3v) is 4.57. The molecule has 1 amide bonds. The Labute approximate surface area is 143 Å². The second-order valence-electron chi connectivity index (χ2n) is 6.68. The van der Waals surface area contributed by atoms with Crippen molar-refractivity contribution in [1.82, 2.24) is 16.0 Å². The fourth-order valence-electron chi connectivity index (χ4n) is 3.01. The van der Waals surface area contributed by atoms with Gasteiger partial charge in [-0.1, -0.05) is 12.8 Å². The molecule has 2 aliphatic rings. The largest absolute Gasteiger partial charge is 0.469 e. The van der Waals surface area contributed by atoms with Crippen LogP contribution in [0, 0.1) is 5.92 Å². The number of nitrogens with zero attached hydrogens (tertiary/aromatic N) is 1. The molecule has 3 rings (SSSR count). The molecule has 0 saturated heterocycles. The highest BCUT2D eigenvalue weighted by Gasteiger charge is 2.29. The first-order valence-corrected chi connectivity index (χ1v) is 9.16. The molecule has 0 atom stereocenters. The third-order valence-electron chi connectivity index (χ3n) is 4.57. The fourth-order valence-corrected chi connectivity index (χ4v) is 3.01. The van der Waals surface area contributed by atoms with Gasteiger partial charge in [-0.05, 0) is 37.8 Å². The molecule has 1 aromatic rings. The summed E-state index contributed by atoms with van der Waals surface area (Å²) in [6.45, 7) is 2.01. The molecule has 6 heteroatoms. The highest BCUT2D eigenvalue weighted by Crippen LogP contribution is 2.28. The molecule has 0 bridgehead atoms. The zero-order valence-electron chi connectivity index (χ0n) is 14.2. The number of furan rings is 1. The lowest BCUT2D eigenvalue weighted by Crippen LogP contribution is -2.45. The van der Waals surface area contributed by atoms with Crippen LogP contribution in [-0.4, -0.2) is 37.5 Å². The molecule has 3 N–H and O–H groups in total. The minimum Gasteiger partial charge on any atom is -0.469 e. The first-order valence-electron chi connectivity index (χ1n) is 9.16. The summed E-state index contributed by atoms with van der Waals surface area (Å²) in [5.41, 5.74) is 0. The predicted octanol–water partition coefficient (Wildman–Crippen LogP) is 1.83. The Hall–Kier alpha value is -1.98. The molecule has 6 nitrogen and oxygen atoms in total. The van der Waals surface area contributed by atoms with Crippen molar-refractivity contribution in [2.24, 2.45) is 10.9 Å². The summed E-state index contributed by atoms with van der Waals surface area (Å²) in [6.07, 6.45) is 9.56. The number of hydrogen-bond donors (Lipinski definition) is 3. The maximum absolute atomic E-state index is 11.6. The Morgan fingerprint density at radius 3 is 2.67 bits per heavy atom. The molecule has 2 saturated carbocycles. The lowest BCUT2D eigenvalue weighted by atomic mass is 10.2. The number of guanidine groups is 1. The van der Waals surface area contributed by atoms with Gasteiger partial charge < -0.3 is 20.4 Å². The van der Waals surface area contributed by atoms with Gasteiger partial charge in [0.15, 0.2) is 5.96 Å². The van der Waals surface area contributed by atoms with E-state index in [1.54, 1.807) is 6.26 Å². The van der Waals surface area contributed by atoms with Gasteiger partial charge in [0.25, 0.3) is 0 Å². The smallest absolute Gasteiger partial charge is 0.223 e. The molecule has 24 heavy (non-hydrogen) atoms. The minimum atomic E-state index is 0.192. The molecule has 1 aromatic heterocycles. The Morgan fingerprint density at radius 2 is 1.96 bits per heavy atom. The summed E-state index contributed by atoms with van der Waals surface area (Å²) in [4.78, 5) is 16.3. The van der Waals surface area contributed by atoms with Crippen molar-refractivity contribution in [2.45, 2.75) is 51.0 Å². The van der Waals surface area contributed by atoms with E-state index in [0.29, 0.717) is 25.7 Å². The number of hydrogen-bond acceptors (Lipinski definition) is 3. The number of nitrogens with one attached hydrogen (secondary N) is 3. The number of rotatable bonds is 8. The average molecular weight is 332 g/mol. The summed E-state index contributed by atoms with van der Waals surface area (Å²) in [5.74, 6) is 2.25. The minimum absolute atomic E-state index is 0.192. The highest BCUT2D eigenvalue weighted by atomic mass is 16.3. The molecule has 0 spiro atoms. The van der Waals surface area contributed by atoms with E-state index >= 15 is 0 Å². The van der Waals surface area contributed by atoms with Crippen molar-refractivity contribution in [3.05, 3.63) is 24.2 Å². The van der Waals surface area contributed by atoms with E-state index < -0.39 is 0 Å². The number of amides is 1. The van der Waals surface area contributed by atoms with Crippen LogP contribution < -0.4 is 16.0 Å². The lowest BCUT2D eigenvalue weighted by molar-refractivity contribution is -0.122. The van der Waals surface area contributed by atoms with E-state index in [9.17, 15) is 4.79 Å². The van der Waals surface area contributed by atoms with Crippen LogP contribution in [0.5, 0.6) is 0 Å². The van der Waals surface area contributed by atoms with Gasteiger partial charge in [0.05, 0.1) is 6.26 Å². The number of carbonyl (C=O) groups is 1. The van der Waals surface area contributed by atoms with Gasteiger partial charge in [0.1, 0.15) is 5.76 Å². The molecule has 1 heterocycles. The van der Waals surface area contributed by atoms with Gasteiger partial charge in [-0.3, -0.25) is 9.79 Å². The van der Waals surface area contributed by atoms with Crippen molar-refractivity contribution in [1.29, 1.82) is 0 Å². The van der Waals surface area contributed by atoms with Crippen molar-refractivity contribution in [3.8, 4) is 0 Å². The van der Waals surface area contributed by atoms with E-state index in [1.807, 2.05) is 12.1 Å². The summed E-state index contributed by atoms with van der Waals surface area (Å²) >= 11 is 0. The van der Waals surface area contributed by atoms with Crippen LogP contribution in [0.25, 0.3) is 0 Å². The molecule has 0 unspecified atom stereocenters. The molecule has 132 valence electrons.